The van der Waals surface area contributed by atoms with E-state index in [1.807, 2.05) is 0 Å². The van der Waals surface area contributed by atoms with Gasteiger partial charge in [0, 0.05) is 12.5 Å². The van der Waals surface area contributed by atoms with Crippen LogP contribution in [0.2, 0.25) is 0 Å². The molecule has 2 nitrogen and oxygen atoms in total. The van der Waals surface area contributed by atoms with Crippen molar-refractivity contribution in [3.8, 4) is 0 Å². The third-order valence-corrected chi connectivity index (χ3v) is 3.38. The van der Waals surface area contributed by atoms with Crippen LogP contribution >= 0.6 is 0 Å². The van der Waals surface area contributed by atoms with E-state index in [9.17, 15) is 4.79 Å². The Kier molecular flexibility index (Phi) is 4.63. The highest BCUT2D eigenvalue weighted by atomic mass is 16.2. The number of nitrogens with one attached hydrogen (secondary N) is 1. The number of carbonyl (C=O) groups excluding carboxylic acids is 1. The molecule has 0 bridgehead atoms. The van der Waals surface area contributed by atoms with E-state index < -0.39 is 0 Å². The molecule has 0 fully saturated rings. The van der Waals surface area contributed by atoms with Crippen molar-refractivity contribution < 1.29 is 4.79 Å². The van der Waals surface area contributed by atoms with E-state index in [0.717, 1.165) is 19.3 Å². The van der Waals surface area contributed by atoms with Crippen LogP contribution in [0, 0.1) is 10.8 Å². The van der Waals surface area contributed by atoms with Crippen LogP contribution in [0.4, 0.5) is 0 Å². The molecule has 0 aliphatic rings. The van der Waals surface area contributed by atoms with Crippen LogP contribution in [-0.2, 0) is 4.79 Å². The Labute approximate surface area is 88.5 Å². The molecule has 0 aromatic carbocycles. The molecule has 0 spiro atoms. The van der Waals surface area contributed by atoms with Crippen molar-refractivity contribution in [1.29, 1.82) is 0 Å². The van der Waals surface area contributed by atoms with Gasteiger partial charge in [-0.2, -0.15) is 0 Å². The number of carbonyl (C=O) groups is 1. The fourth-order valence-electron chi connectivity index (χ4n) is 1.85. The average Bonchev–Trinajstić information content (AvgIpc) is 2.15. The summed E-state index contributed by atoms with van der Waals surface area (Å²) in [5, 5.41) is 2.76. The van der Waals surface area contributed by atoms with Gasteiger partial charge in [0.2, 0.25) is 5.91 Å². The number of hydrogen-bond acceptors (Lipinski definition) is 1. The highest BCUT2D eigenvalue weighted by Crippen LogP contribution is 2.38. The summed E-state index contributed by atoms with van der Waals surface area (Å²) in [7, 11) is 1.72. The van der Waals surface area contributed by atoms with Gasteiger partial charge in [0.05, 0.1) is 0 Å². The molecule has 0 radical (unpaired) electrons. The molecule has 1 amide bonds. The van der Waals surface area contributed by atoms with Gasteiger partial charge in [-0.15, -0.1) is 0 Å². The SMILES string of the molecule is CCC(C)(C)CC(C)(CC)C(=O)NC. The van der Waals surface area contributed by atoms with Crippen molar-refractivity contribution in [2.75, 3.05) is 7.05 Å². The molecule has 0 heterocycles. The molecule has 1 unspecified atom stereocenters. The molecule has 0 rings (SSSR count). The summed E-state index contributed by atoms with van der Waals surface area (Å²) in [6.45, 7) is 10.8. The fourth-order valence-corrected chi connectivity index (χ4v) is 1.85. The lowest BCUT2D eigenvalue weighted by atomic mass is 9.71. The third kappa shape index (κ3) is 3.32. The number of rotatable bonds is 5. The average molecular weight is 199 g/mol. The van der Waals surface area contributed by atoms with Crippen LogP contribution in [-0.4, -0.2) is 13.0 Å². The Bertz CT molecular complexity index is 198. The topological polar surface area (TPSA) is 29.1 Å². The zero-order valence-corrected chi connectivity index (χ0v) is 10.5. The fraction of sp³-hybridized carbons (Fsp3) is 0.917. The molecule has 1 atom stereocenters. The Hall–Kier alpha value is -0.530. The Balaban J connectivity index is 4.63. The maximum Gasteiger partial charge on any atom is 0.225 e. The second kappa shape index (κ2) is 4.81. The summed E-state index contributed by atoms with van der Waals surface area (Å²) in [5.41, 5.74) is 0.0333. The minimum atomic E-state index is -0.214. The minimum absolute atomic E-state index is 0.168. The van der Waals surface area contributed by atoms with Gasteiger partial charge in [-0.25, -0.2) is 0 Å². The van der Waals surface area contributed by atoms with Crippen molar-refractivity contribution in [1.82, 2.24) is 5.32 Å². The van der Waals surface area contributed by atoms with Gasteiger partial charge >= 0.3 is 0 Å². The minimum Gasteiger partial charge on any atom is -0.359 e. The monoisotopic (exact) mass is 199 g/mol. The van der Waals surface area contributed by atoms with Gasteiger partial charge in [0.1, 0.15) is 0 Å². The molecule has 0 saturated heterocycles. The molecule has 1 N–H and O–H groups in total. The molecule has 0 aromatic heterocycles. The first kappa shape index (κ1) is 13.5. The van der Waals surface area contributed by atoms with E-state index >= 15 is 0 Å². The number of amides is 1. The van der Waals surface area contributed by atoms with Crippen molar-refractivity contribution in [2.45, 2.75) is 53.9 Å². The number of hydrogen-bond donors (Lipinski definition) is 1. The molecular formula is C12H25NO. The lowest BCUT2D eigenvalue weighted by Crippen LogP contribution is -2.39. The van der Waals surface area contributed by atoms with E-state index in [1.54, 1.807) is 7.05 Å². The smallest absolute Gasteiger partial charge is 0.225 e. The maximum absolute atomic E-state index is 11.7. The van der Waals surface area contributed by atoms with E-state index in [0.29, 0.717) is 0 Å². The van der Waals surface area contributed by atoms with Crippen LogP contribution in [0.15, 0.2) is 0 Å². The Morgan fingerprint density at radius 3 is 1.93 bits per heavy atom. The zero-order valence-electron chi connectivity index (χ0n) is 10.5. The second-order valence-corrected chi connectivity index (χ2v) is 5.19. The highest BCUT2D eigenvalue weighted by Gasteiger charge is 2.35. The predicted octanol–water partition coefficient (Wildman–Crippen LogP) is 2.98. The summed E-state index contributed by atoms with van der Waals surface area (Å²) in [6.07, 6.45) is 2.96. The van der Waals surface area contributed by atoms with Crippen molar-refractivity contribution in [2.24, 2.45) is 10.8 Å². The van der Waals surface area contributed by atoms with E-state index in [1.165, 1.54) is 0 Å². The third-order valence-electron chi connectivity index (χ3n) is 3.38. The van der Waals surface area contributed by atoms with Crippen molar-refractivity contribution in [3.05, 3.63) is 0 Å². The van der Waals surface area contributed by atoms with Gasteiger partial charge in [-0.1, -0.05) is 41.0 Å². The summed E-state index contributed by atoms with van der Waals surface area (Å²) in [5.74, 6) is 0.168. The molecule has 2 heteroatoms. The summed E-state index contributed by atoms with van der Waals surface area (Å²) >= 11 is 0. The first-order chi connectivity index (χ1) is 6.31. The summed E-state index contributed by atoms with van der Waals surface area (Å²) < 4.78 is 0. The van der Waals surface area contributed by atoms with Crippen LogP contribution in [0.3, 0.4) is 0 Å². The van der Waals surface area contributed by atoms with Crippen LogP contribution in [0.5, 0.6) is 0 Å². The van der Waals surface area contributed by atoms with Gasteiger partial charge < -0.3 is 5.32 Å². The predicted molar refractivity (Wildman–Crippen MR) is 61.2 cm³/mol. The van der Waals surface area contributed by atoms with Crippen molar-refractivity contribution in [3.63, 3.8) is 0 Å². The van der Waals surface area contributed by atoms with Crippen LogP contribution in [0.25, 0.3) is 0 Å². The van der Waals surface area contributed by atoms with Gasteiger partial charge in [-0.3, -0.25) is 4.79 Å². The summed E-state index contributed by atoms with van der Waals surface area (Å²) in [6, 6.07) is 0. The first-order valence-corrected chi connectivity index (χ1v) is 5.53. The Morgan fingerprint density at radius 1 is 1.14 bits per heavy atom. The van der Waals surface area contributed by atoms with Gasteiger partial charge in [0.25, 0.3) is 0 Å². The molecule has 0 saturated carbocycles. The standard InChI is InChI=1S/C12H25NO/c1-7-11(3,4)9-12(5,8-2)10(14)13-6/h7-9H2,1-6H3,(H,13,14). The molecule has 0 aliphatic carbocycles. The molecular weight excluding hydrogens is 174 g/mol. The maximum atomic E-state index is 11.7. The second-order valence-electron chi connectivity index (χ2n) is 5.19. The van der Waals surface area contributed by atoms with Crippen LogP contribution in [0.1, 0.15) is 53.9 Å². The van der Waals surface area contributed by atoms with Crippen LogP contribution < -0.4 is 5.32 Å². The lowest BCUT2D eigenvalue weighted by molar-refractivity contribution is -0.131. The molecule has 0 aliphatic heterocycles. The highest BCUT2D eigenvalue weighted by molar-refractivity contribution is 5.81. The van der Waals surface area contributed by atoms with E-state index in [2.05, 4.69) is 39.9 Å². The molecule has 84 valence electrons. The Morgan fingerprint density at radius 2 is 1.64 bits per heavy atom. The molecule has 14 heavy (non-hydrogen) atoms. The normalized spacial score (nSPS) is 16.1. The van der Waals surface area contributed by atoms with Gasteiger partial charge in [0.15, 0.2) is 0 Å². The summed E-state index contributed by atoms with van der Waals surface area (Å²) in [4.78, 5) is 11.7. The van der Waals surface area contributed by atoms with E-state index in [4.69, 9.17) is 0 Å². The van der Waals surface area contributed by atoms with Crippen molar-refractivity contribution >= 4 is 5.91 Å². The zero-order chi connectivity index (χ0) is 11.4. The largest absolute Gasteiger partial charge is 0.359 e. The van der Waals surface area contributed by atoms with Gasteiger partial charge in [-0.05, 0) is 18.3 Å². The molecule has 0 aromatic rings. The quantitative estimate of drug-likeness (QED) is 0.724. The lowest BCUT2D eigenvalue weighted by Gasteiger charge is -2.35. The first-order valence-electron chi connectivity index (χ1n) is 5.53. The van der Waals surface area contributed by atoms with E-state index in [-0.39, 0.29) is 16.7 Å².